The summed E-state index contributed by atoms with van der Waals surface area (Å²) in [6, 6.07) is 8.35. The van der Waals surface area contributed by atoms with Gasteiger partial charge in [-0.2, -0.15) is 0 Å². The van der Waals surface area contributed by atoms with Crippen molar-refractivity contribution in [1.29, 1.82) is 0 Å². The lowest BCUT2D eigenvalue weighted by molar-refractivity contribution is 0.103. The van der Waals surface area contributed by atoms with E-state index in [2.05, 4.69) is 4.98 Å². The molecule has 0 bridgehead atoms. The average molecular weight is 399 g/mol. The molecule has 3 rings (SSSR count). The molecule has 0 saturated carbocycles. The number of aromatic nitrogens is 1. The summed E-state index contributed by atoms with van der Waals surface area (Å²) >= 11 is 0. The minimum absolute atomic E-state index is 0.143. The van der Waals surface area contributed by atoms with Gasteiger partial charge in [0, 0.05) is 11.1 Å². The number of rotatable bonds is 8. The van der Waals surface area contributed by atoms with E-state index in [1.165, 1.54) is 34.7 Å². The number of ketones is 1. The first kappa shape index (κ1) is 20.1. The van der Waals surface area contributed by atoms with Crippen LogP contribution in [0.2, 0.25) is 0 Å². The van der Waals surface area contributed by atoms with Crippen LogP contribution in [0.4, 0.5) is 0 Å². The fraction of sp³-hybridized carbons (Fsp3) is 0.238. The van der Waals surface area contributed by atoms with Crippen LogP contribution in [-0.2, 0) is 0 Å². The highest BCUT2D eigenvalue weighted by atomic mass is 16.5. The minimum Gasteiger partial charge on any atom is -0.493 e. The monoisotopic (exact) mass is 399 g/mol. The lowest BCUT2D eigenvalue weighted by Gasteiger charge is -2.13. The van der Waals surface area contributed by atoms with Crippen LogP contribution in [0.5, 0.6) is 28.7 Å². The summed E-state index contributed by atoms with van der Waals surface area (Å²) in [6.45, 7) is 0. The lowest BCUT2D eigenvalue weighted by atomic mass is 10.1. The number of benzene rings is 2. The zero-order valence-electron chi connectivity index (χ0n) is 16.8. The van der Waals surface area contributed by atoms with Gasteiger partial charge in [0.2, 0.25) is 17.4 Å². The van der Waals surface area contributed by atoms with E-state index < -0.39 is 0 Å². The minimum atomic E-state index is -0.347. The first-order valence-corrected chi connectivity index (χ1v) is 8.58. The summed E-state index contributed by atoms with van der Waals surface area (Å²) < 4.78 is 31.9. The molecular formula is C21H21NO7. The van der Waals surface area contributed by atoms with E-state index in [0.29, 0.717) is 39.9 Å². The molecule has 0 aliphatic carbocycles. The van der Waals surface area contributed by atoms with Crippen molar-refractivity contribution in [2.75, 3.05) is 35.5 Å². The molecule has 0 N–H and O–H groups in total. The molecule has 0 unspecified atom stereocenters. The molecule has 2 aromatic carbocycles. The molecule has 3 aromatic rings. The molecular weight excluding hydrogens is 378 g/mol. The van der Waals surface area contributed by atoms with Gasteiger partial charge in [-0.1, -0.05) is 0 Å². The van der Waals surface area contributed by atoms with Gasteiger partial charge in [0.1, 0.15) is 6.26 Å². The Balaban J connectivity index is 1.96. The van der Waals surface area contributed by atoms with Crippen molar-refractivity contribution < 1.29 is 32.9 Å². The maximum atomic E-state index is 12.9. The Bertz CT molecular complexity index is 1000. The predicted octanol–water partition coefficient (Wildman–Crippen LogP) is 3.62. The quantitative estimate of drug-likeness (QED) is 0.531. The Hall–Kier alpha value is -3.68. The van der Waals surface area contributed by atoms with E-state index in [1.54, 1.807) is 37.4 Å². The number of oxazole rings is 1. The number of carbonyl (C=O) groups is 1. The summed E-state index contributed by atoms with van der Waals surface area (Å²) in [5.41, 5.74) is 1.11. The highest BCUT2D eigenvalue weighted by Crippen LogP contribution is 2.39. The number of hydrogen-bond acceptors (Lipinski definition) is 8. The predicted molar refractivity (Wildman–Crippen MR) is 105 cm³/mol. The largest absolute Gasteiger partial charge is 0.493 e. The number of nitrogens with zero attached hydrogens (tertiary/aromatic N) is 1. The van der Waals surface area contributed by atoms with Gasteiger partial charge in [0.25, 0.3) is 0 Å². The Morgan fingerprint density at radius 1 is 0.793 bits per heavy atom. The van der Waals surface area contributed by atoms with Crippen molar-refractivity contribution in [2.45, 2.75) is 0 Å². The first-order chi connectivity index (χ1) is 14.1. The highest BCUT2D eigenvalue weighted by molar-refractivity contribution is 6.08. The van der Waals surface area contributed by atoms with Crippen molar-refractivity contribution in [3.8, 4) is 40.2 Å². The molecule has 0 aliphatic rings. The third-order valence-corrected chi connectivity index (χ3v) is 4.29. The first-order valence-electron chi connectivity index (χ1n) is 8.58. The maximum absolute atomic E-state index is 12.9. The van der Waals surface area contributed by atoms with Gasteiger partial charge >= 0.3 is 0 Å². The van der Waals surface area contributed by atoms with Crippen LogP contribution >= 0.6 is 0 Å². The van der Waals surface area contributed by atoms with Crippen molar-refractivity contribution in [2.24, 2.45) is 0 Å². The zero-order chi connectivity index (χ0) is 21.0. The van der Waals surface area contributed by atoms with Crippen LogP contribution in [0.3, 0.4) is 0 Å². The molecule has 8 nitrogen and oxygen atoms in total. The third-order valence-electron chi connectivity index (χ3n) is 4.29. The lowest BCUT2D eigenvalue weighted by Crippen LogP contribution is -2.04. The smallest absolute Gasteiger partial charge is 0.226 e. The second-order valence-electron chi connectivity index (χ2n) is 5.85. The second kappa shape index (κ2) is 8.55. The molecule has 0 radical (unpaired) electrons. The second-order valence-corrected chi connectivity index (χ2v) is 5.85. The van der Waals surface area contributed by atoms with E-state index in [0.717, 1.165) is 0 Å². The van der Waals surface area contributed by atoms with Crippen LogP contribution in [0.1, 0.15) is 16.1 Å². The topological polar surface area (TPSA) is 89.3 Å². The zero-order valence-corrected chi connectivity index (χ0v) is 16.8. The normalized spacial score (nSPS) is 10.4. The fourth-order valence-electron chi connectivity index (χ4n) is 2.84. The molecule has 0 amide bonds. The van der Waals surface area contributed by atoms with Crippen LogP contribution in [-0.4, -0.2) is 46.3 Å². The van der Waals surface area contributed by atoms with E-state index in [-0.39, 0.29) is 17.4 Å². The van der Waals surface area contributed by atoms with Crippen LogP contribution in [0, 0.1) is 0 Å². The molecule has 8 heteroatoms. The summed E-state index contributed by atoms with van der Waals surface area (Å²) in [7, 11) is 7.55. The van der Waals surface area contributed by atoms with E-state index in [1.807, 2.05) is 0 Å². The molecule has 0 fully saturated rings. The number of carbonyl (C=O) groups excluding carboxylic acids is 1. The molecule has 0 atom stereocenters. The summed E-state index contributed by atoms with van der Waals surface area (Å²) in [5.74, 6) is 2.19. The van der Waals surface area contributed by atoms with Gasteiger partial charge in [-0.3, -0.25) is 4.79 Å². The van der Waals surface area contributed by atoms with Crippen LogP contribution in [0.25, 0.3) is 11.5 Å². The summed E-state index contributed by atoms with van der Waals surface area (Å²) in [6.07, 6.45) is 1.30. The average Bonchev–Trinajstić information content (AvgIpc) is 3.27. The fourth-order valence-corrected chi connectivity index (χ4v) is 2.84. The van der Waals surface area contributed by atoms with E-state index in [4.69, 9.17) is 28.1 Å². The number of ether oxygens (including phenoxy) is 5. The number of hydrogen-bond donors (Lipinski definition) is 0. The van der Waals surface area contributed by atoms with Gasteiger partial charge in [-0.15, -0.1) is 0 Å². The van der Waals surface area contributed by atoms with Gasteiger partial charge in [-0.25, -0.2) is 4.98 Å². The van der Waals surface area contributed by atoms with Crippen molar-refractivity contribution in [3.05, 3.63) is 47.9 Å². The standard InChI is InChI=1S/C21H21NO7/c1-24-15-7-6-12(8-16(15)25-2)21-22-14(11-29-21)19(23)13-9-17(26-3)20(28-5)18(10-13)27-4/h6-11H,1-5H3. The number of methoxy groups -OCH3 is 5. The molecule has 29 heavy (non-hydrogen) atoms. The summed E-state index contributed by atoms with van der Waals surface area (Å²) in [4.78, 5) is 17.2. The third kappa shape index (κ3) is 3.82. The van der Waals surface area contributed by atoms with Gasteiger partial charge in [0.15, 0.2) is 28.7 Å². The van der Waals surface area contributed by atoms with Crippen LogP contribution in [0.15, 0.2) is 41.0 Å². The van der Waals surface area contributed by atoms with Crippen LogP contribution < -0.4 is 23.7 Å². The van der Waals surface area contributed by atoms with Crippen molar-refractivity contribution >= 4 is 5.78 Å². The van der Waals surface area contributed by atoms with E-state index >= 15 is 0 Å². The summed E-state index contributed by atoms with van der Waals surface area (Å²) in [5, 5.41) is 0. The molecule has 0 aliphatic heterocycles. The Kier molecular flexibility index (Phi) is 5.92. The van der Waals surface area contributed by atoms with Gasteiger partial charge < -0.3 is 28.1 Å². The Labute approximate surface area is 167 Å². The molecule has 1 heterocycles. The van der Waals surface area contributed by atoms with E-state index in [9.17, 15) is 4.79 Å². The highest BCUT2D eigenvalue weighted by Gasteiger charge is 2.21. The van der Waals surface area contributed by atoms with Crippen molar-refractivity contribution in [1.82, 2.24) is 4.98 Å². The Morgan fingerprint density at radius 2 is 1.41 bits per heavy atom. The molecule has 152 valence electrons. The maximum Gasteiger partial charge on any atom is 0.226 e. The molecule has 1 aromatic heterocycles. The molecule has 0 spiro atoms. The SMILES string of the molecule is COc1ccc(-c2nc(C(=O)c3cc(OC)c(OC)c(OC)c3)co2)cc1OC. The molecule has 0 saturated heterocycles. The Morgan fingerprint density at radius 3 is 1.97 bits per heavy atom. The van der Waals surface area contributed by atoms with Gasteiger partial charge in [-0.05, 0) is 30.3 Å². The van der Waals surface area contributed by atoms with Crippen molar-refractivity contribution in [3.63, 3.8) is 0 Å². The van der Waals surface area contributed by atoms with Gasteiger partial charge in [0.05, 0.1) is 35.5 Å².